The number of hydrogen-bond donors (Lipinski definition) is 1. The summed E-state index contributed by atoms with van der Waals surface area (Å²) in [5.74, 6) is 1.11. The first-order chi connectivity index (χ1) is 8.61. The van der Waals surface area contributed by atoms with E-state index < -0.39 is 6.04 Å². The van der Waals surface area contributed by atoms with Gasteiger partial charge in [-0.1, -0.05) is 13.0 Å². The molecule has 0 fully saturated rings. The van der Waals surface area contributed by atoms with E-state index in [1.165, 1.54) is 7.11 Å². The van der Waals surface area contributed by atoms with E-state index in [0.717, 1.165) is 17.1 Å². The number of rotatable bonds is 4. The molecule has 1 aliphatic heterocycles. The lowest BCUT2D eigenvalue weighted by atomic mass is 9.94. The topological polar surface area (TPSA) is 70.8 Å². The average molecular weight is 251 g/mol. The Morgan fingerprint density at radius 1 is 1.44 bits per heavy atom. The van der Waals surface area contributed by atoms with Gasteiger partial charge < -0.3 is 19.9 Å². The molecule has 1 heterocycles. The quantitative estimate of drug-likeness (QED) is 0.811. The van der Waals surface area contributed by atoms with Crippen molar-refractivity contribution in [2.45, 2.75) is 19.4 Å². The fourth-order valence-electron chi connectivity index (χ4n) is 1.94. The summed E-state index contributed by atoms with van der Waals surface area (Å²) in [5, 5.41) is 0. The fourth-order valence-corrected chi connectivity index (χ4v) is 1.94. The minimum absolute atomic E-state index is 0.00202. The van der Waals surface area contributed by atoms with Gasteiger partial charge in [0.15, 0.2) is 11.5 Å². The zero-order valence-electron chi connectivity index (χ0n) is 10.5. The Morgan fingerprint density at radius 2 is 2.17 bits per heavy atom. The van der Waals surface area contributed by atoms with Crippen LogP contribution in [0.5, 0.6) is 11.5 Å². The van der Waals surface area contributed by atoms with Crippen LogP contribution in [0.3, 0.4) is 0 Å². The molecule has 1 aliphatic rings. The lowest BCUT2D eigenvalue weighted by Gasteiger charge is -2.17. The molecule has 18 heavy (non-hydrogen) atoms. The first kappa shape index (κ1) is 12.7. The smallest absolute Gasteiger partial charge is 0.322 e. The standard InChI is InChI=1S/C13H17NO4/c1-8(12(14)13(15)16-2)5-9-3-4-10-11(6-9)18-7-17-10/h3-4,6,8,12H,5,7,14H2,1-2H3. The van der Waals surface area contributed by atoms with Crippen molar-refractivity contribution in [2.75, 3.05) is 13.9 Å². The molecule has 98 valence electrons. The van der Waals surface area contributed by atoms with Gasteiger partial charge in [-0.3, -0.25) is 4.79 Å². The number of ether oxygens (including phenoxy) is 3. The van der Waals surface area contributed by atoms with Crippen LogP contribution in [0.25, 0.3) is 0 Å². The Hall–Kier alpha value is -1.75. The van der Waals surface area contributed by atoms with Crippen LogP contribution < -0.4 is 15.2 Å². The van der Waals surface area contributed by atoms with Crippen LogP contribution in [0.1, 0.15) is 12.5 Å². The summed E-state index contributed by atoms with van der Waals surface area (Å²) in [7, 11) is 1.34. The number of nitrogens with two attached hydrogens (primary N) is 1. The van der Waals surface area contributed by atoms with Crippen molar-refractivity contribution in [1.29, 1.82) is 0 Å². The molecule has 2 atom stereocenters. The molecule has 0 aromatic heterocycles. The van der Waals surface area contributed by atoms with Gasteiger partial charge in [-0.15, -0.1) is 0 Å². The number of methoxy groups -OCH3 is 1. The third kappa shape index (κ3) is 2.56. The molecule has 1 aromatic carbocycles. The minimum Gasteiger partial charge on any atom is -0.468 e. The van der Waals surface area contributed by atoms with E-state index in [1.807, 2.05) is 25.1 Å². The van der Waals surface area contributed by atoms with Crippen LogP contribution in [-0.2, 0) is 16.0 Å². The number of hydrogen-bond acceptors (Lipinski definition) is 5. The summed E-state index contributed by atoms with van der Waals surface area (Å²) in [5.41, 5.74) is 6.86. The predicted molar refractivity (Wildman–Crippen MR) is 65.4 cm³/mol. The predicted octanol–water partition coefficient (Wildman–Crippen LogP) is 1.09. The van der Waals surface area contributed by atoms with Crippen LogP contribution in [0.15, 0.2) is 18.2 Å². The number of fused-ring (bicyclic) bond motifs is 1. The maximum atomic E-state index is 11.3. The van der Waals surface area contributed by atoms with Crippen molar-refractivity contribution in [3.8, 4) is 11.5 Å². The fraction of sp³-hybridized carbons (Fsp3) is 0.462. The first-order valence-corrected chi connectivity index (χ1v) is 5.83. The highest BCUT2D eigenvalue weighted by atomic mass is 16.7. The molecule has 0 amide bonds. The average Bonchev–Trinajstić information content (AvgIpc) is 2.84. The third-order valence-corrected chi connectivity index (χ3v) is 3.08. The Balaban J connectivity index is 2.03. The Kier molecular flexibility index (Phi) is 3.72. The van der Waals surface area contributed by atoms with Gasteiger partial charge in [-0.05, 0) is 30.0 Å². The Morgan fingerprint density at radius 3 is 2.89 bits per heavy atom. The molecule has 0 radical (unpaired) electrons. The summed E-state index contributed by atoms with van der Waals surface area (Å²) < 4.78 is 15.2. The highest BCUT2D eigenvalue weighted by Crippen LogP contribution is 2.33. The largest absolute Gasteiger partial charge is 0.468 e. The number of esters is 1. The molecular formula is C13H17NO4. The van der Waals surface area contributed by atoms with Gasteiger partial charge >= 0.3 is 5.97 Å². The van der Waals surface area contributed by atoms with E-state index in [4.69, 9.17) is 15.2 Å². The molecule has 5 nitrogen and oxygen atoms in total. The lowest BCUT2D eigenvalue weighted by Crippen LogP contribution is -2.38. The van der Waals surface area contributed by atoms with Crippen molar-refractivity contribution < 1.29 is 19.0 Å². The van der Waals surface area contributed by atoms with Gasteiger partial charge in [0.2, 0.25) is 6.79 Å². The van der Waals surface area contributed by atoms with E-state index in [2.05, 4.69) is 4.74 Å². The maximum absolute atomic E-state index is 11.3. The molecule has 2 rings (SSSR count). The monoisotopic (exact) mass is 251 g/mol. The summed E-state index contributed by atoms with van der Waals surface area (Å²) in [4.78, 5) is 11.3. The lowest BCUT2D eigenvalue weighted by molar-refractivity contribution is -0.143. The number of benzene rings is 1. The van der Waals surface area contributed by atoms with Crippen molar-refractivity contribution in [2.24, 2.45) is 11.7 Å². The van der Waals surface area contributed by atoms with E-state index in [9.17, 15) is 4.79 Å². The molecule has 2 N–H and O–H groups in total. The van der Waals surface area contributed by atoms with E-state index >= 15 is 0 Å². The number of carbonyl (C=O) groups is 1. The van der Waals surface area contributed by atoms with Crippen LogP contribution in [0.4, 0.5) is 0 Å². The van der Waals surface area contributed by atoms with Crippen molar-refractivity contribution in [3.63, 3.8) is 0 Å². The second kappa shape index (κ2) is 5.27. The molecule has 2 unspecified atom stereocenters. The van der Waals surface area contributed by atoms with Gasteiger partial charge in [0.05, 0.1) is 7.11 Å². The second-order valence-electron chi connectivity index (χ2n) is 4.42. The van der Waals surface area contributed by atoms with E-state index in [1.54, 1.807) is 0 Å². The van der Waals surface area contributed by atoms with Crippen molar-refractivity contribution >= 4 is 5.97 Å². The van der Waals surface area contributed by atoms with Crippen LogP contribution in [0.2, 0.25) is 0 Å². The molecule has 0 saturated heterocycles. The Bertz CT molecular complexity index is 447. The van der Waals surface area contributed by atoms with Crippen molar-refractivity contribution in [1.82, 2.24) is 0 Å². The Labute approximate surface area is 106 Å². The summed E-state index contributed by atoms with van der Waals surface area (Å²) >= 11 is 0. The SMILES string of the molecule is COC(=O)C(N)C(C)Cc1ccc2c(c1)OCO2. The molecule has 0 spiro atoms. The molecule has 0 bridgehead atoms. The van der Waals surface area contributed by atoms with Gasteiger partial charge in [0, 0.05) is 0 Å². The highest BCUT2D eigenvalue weighted by Gasteiger charge is 2.22. The number of carbonyl (C=O) groups excluding carboxylic acids is 1. The third-order valence-electron chi connectivity index (χ3n) is 3.08. The first-order valence-electron chi connectivity index (χ1n) is 5.83. The zero-order chi connectivity index (χ0) is 13.1. The summed E-state index contributed by atoms with van der Waals surface area (Å²) in [6.07, 6.45) is 0.687. The summed E-state index contributed by atoms with van der Waals surface area (Å²) in [6.45, 7) is 2.18. The zero-order valence-corrected chi connectivity index (χ0v) is 10.5. The van der Waals surface area contributed by atoms with Crippen LogP contribution in [0, 0.1) is 5.92 Å². The van der Waals surface area contributed by atoms with Gasteiger partial charge in [0.25, 0.3) is 0 Å². The van der Waals surface area contributed by atoms with E-state index in [0.29, 0.717) is 6.42 Å². The van der Waals surface area contributed by atoms with Gasteiger partial charge in [-0.2, -0.15) is 0 Å². The molecule has 1 aromatic rings. The van der Waals surface area contributed by atoms with Crippen molar-refractivity contribution in [3.05, 3.63) is 23.8 Å². The minimum atomic E-state index is -0.611. The van der Waals surface area contributed by atoms with Gasteiger partial charge in [-0.25, -0.2) is 0 Å². The second-order valence-corrected chi connectivity index (χ2v) is 4.42. The molecule has 5 heteroatoms. The molecule has 0 aliphatic carbocycles. The molecule has 0 saturated carbocycles. The highest BCUT2D eigenvalue weighted by molar-refractivity contribution is 5.75. The van der Waals surface area contributed by atoms with E-state index in [-0.39, 0.29) is 18.7 Å². The van der Waals surface area contributed by atoms with Crippen LogP contribution >= 0.6 is 0 Å². The maximum Gasteiger partial charge on any atom is 0.322 e. The summed E-state index contributed by atoms with van der Waals surface area (Å²) in [6, 6.07) is 5.13. The molecular weight excluding hydrogens is 234 g/mol. The van der Waals surface area contributed by atoms with Gasteiger partial charge in [0.1, 0.15) is 6.04 Å². The normalized spacial score (nSPS) is 16.2. The van der Waals surface area contributed by atoms with Crippen LogP contribution in [-0.4, -0.2) is 25.9 Å².